The van der Waals surface area contributed by atoms with Crippen molar-refractivity contribution in [3.05, 3.63) is 33.9 Å². The summed E-state index contributed by atoms with van der Waals surface area (Å²) < 4.78 is 15.6. The monoisotopic (exact) mass is 434 g/mol. The highest BCUT2D eigenvalue weighted by Crippen LogP contribution is 2.37. The van der Waals surface area contributed by atoms with Crippen LogP contribution in [-0.4, -0.2) is 59.9 Å². The number of nitrogens with zero attached hydrogens (tertiary/aromatic N) is 2. The minimum atomic E-state index is -1.47. The lowest BCUT2D eigenvalue weighted by molar-refractivity contribution is -0.484. The molecular formula is C20H22N2O9. The Balaban J connectivity index is 1.88. The molecule has 0 radical (unpaired) electrons. The molecule has 31 heavy (non-hydrogen) atoms. The number of ketones is 1. The molecule has 2 amide bonds. The van der Waals surface area contributed by atoms with Crippen molar-refractivity contribution >= 4 is 23.6 Å². The molecule has 1 saturated heterocycles. The molecule has 0 aromatic heterocycles. The highest BCUT2D eigenvalue weighted by atomic mass is 16.7. The summed E-state index contributed by atoms with van der Waals surface area (Å²) in [5.41, 5.74) is 0.348. The standard InChI is InChI=1S/C20H22N2O9/c1-2-29-20(26)19(14(23)7-8-21-17(24)5-6-18(21)25)13(10-22(27)28)12-3-4-15-16(9-12)31-11-30-15/h3-4,9,13,19H,2,5-8,10-11H2,1H3. The van der Waals surface area contributed by atoms with Gasteiger partial charge in [0.05, 0.1) is 12.5 Å². The van der Waals surface area contributed by atoms with Crippen molar-refractivity contribution in [2.75, 3.05) is 26.5 Å². The van der Waals surface area contributed by atoms with Crippen LogP contribution >= 0.6 is 0 Å². The van der Waals surface area contributed by atoms with Crippen LogP contribution in [0.5, 0.6) is 11.5 Å². The molecule has 2 aliphatic heterocycles. The number of likely N-dealkylation sites (tertiary alicyclic amines) is 1. The number of hydrogen-bond donors (Lipinski definition) is 0. The van der Waals surface area contributed by atoms with Crippen molar-refractivity contribution in [1.29, 1.82) is 0 Å². The minimum absolute atomic E-state index is 0.00316. The van der Waals surface area contributed by atoms with E-state index in [2.05, 4.69) is 0 Å². The van der Waals surface area contributed by atoms with Gasteiger partial charge in [-0.15, -0.1) is 0 Å². The van der Waals surface area contributed by atoms with Gasteiger partial charge in [-0.1, -0.05) is 6.07 Å². The van der Waals surface area contributed by atoms with E-state index < -0.39 is 35.1 Å². The lowest BCUT2D eigenvalue weighted by atomic mass is 9.82. The molecule has 0 bridgehead atoms. The first-order valence-corrected chi connectivity index (χ1v) is 9.85. The molecule has 2 aliphatic rings. The second-order valence-corrected chi connectivity index (χ2v) is 7.12. The van der Waals surface area contributed by atoms with Gasteiger partial charge in [-0.05, 0) is 24.6 Å². The van der Waals surface area contributed by atoms with Crippen LogP contribution in [0, 0.1) is 16.0 Å². The van der Waals surface area contributed by atoms with Crippen molar-refractivity contribution in [1.82, 2.24) is 4.90 Å². The largest absolute Gasteiger partial charge is 0.465 e. The third kappa shape index (κ3) is 4.98. The average Bonchev–Trinajstić information content (AvgIpc) is 3.31. The predicted molar refractivity (Wildman–Crippen MR) is 103 cm³/mol. The van der Waals surface area contributed by atoms with Gasteiger partial charge in [-0.3, -0.25) is 34.2 Å². The highest BCUT2D eigenvalue weighted by Gasteiger charge is 2.41. The fourth-order valence-electron chi connectivity index (χ4n) is 3.71. The Bertz CT molecular complexity index is 898. The summed E-state index contributed by atoms with van der Waals surface area (Å²) in [4.78, 5) is 61.0. The average molecular weight is 434 g/mol. The number of amides is 2. The molecule has 3 rings (SSSR count). The minimum Gasteiger partial charge on any atom is -0.465 e. The molecule has 11 heteroatoms. The molecule has 1 aromatic rings. The Kier molecular flexibility index (Phi) is 6.83. The van der Waals surface area contributed by atoms with Gasteiger partial charge in [0.2, 0.25) is 25.2 Å². The van der Waals surface area contributed by atoms with E-state index in [1.807, 2.05) is 0 Å². The number of carbonyl (C=O) groups excluding carboxylic acids is 4. The number of imide groups is 1. The van der Waals surface area contributed by atoms with Gasteiger partial charge in [0.25, 0.3) is 0 Å². The Morgan fingerprint density at radius 1 is 1.19 bits per heavy atom. The third-order valence-corrected chi connectivity index (χ3v) is 5.20. The van der Waals surface area contributed by atoms with Gasteiger partial charge in [-0.2, -0.15) is 0 Å². The number of nitro groups is 1. The zero-order valence-electron chi connectivity index (χ0n) is 16.9. The van der Waals surface area contributed by atoms with Crippen molar-refractivity contribution in [3.8, 4) is 11.5 Å². The maximum Gasteiger partial charge on any atom is 0.317 e. The molecule has 1 aromatic carbocycles. The van der Waals surface area contributed by atoms with Crippen LogP contribution in [0.3, 0.4) is 0 Å². The lowest BCUT2D eigenvalue weighted by Crippen LogP contribution is -2.38. The third-order valence-electron chi connectivity index (χ3n) is 5.20. The normalized spacial score (nSPS) is 16.9. The quantitative estimate of drug-likeness (QED) is 0.174. The summed E-state index contributed by atoms with van der Waals surface area (Å²) in [5.74, 6) is -4.10. The van der Waals surface area contributed by atoms with Crippen LogP contribution < -0.4 is 9.47 Å². The highest BCUT2D eigenvalue weighted by molar-refractivity contribution is 6.03. The molecular weight excluding hydrogens is 412 g/mol. The van der Waals surface area contributed by atoms with Crippen LogP contribution in [0.2, 0.25) is 0 Å². The van der Waals surface area contributed by atoms with Gasteiger partial charge in [0.1, 0.15) is 11.7 Å². The van der Waals surface area contributed by atoms with Gasteiger partial charge in [0.15, 0.2) is 11.5 Å². The van der Waals surface area contributed by atoms with Gasteiger partial charge in [0, 0.05) is 30.7 Å². The number of benzene rings is 1. The zero-order chi connectivity index (χ0) is 22.5. The maximum atomic E-state index is 13.0. The summed E-state index contributed by atoms with van der Waals surface area (Å²) in [5, 5.41) is 11.4. The molecule has 1 fully saturated rings. The second-order valence-electron chi connectivity index (χ2n) is 7.12. The molecule has 0 saturated carbocycles. The first kappa shape index (κ1) is 22.2. The topological polar surface area (TPSA) is 142 Å². The summed E-state index contributed by atoms with van der Waals surface area (Å²) in [6.45, 7) is 0.661. The summed E-state index contributed by atoms with van der Waals surface area (Å²) in [6, 6.07) is 4.59. The van der Waals surface area contributed by atoms with E-state index >= 15 is 0 Å². The Morgan fingerprint density at radius 2 is 1.87 bits per heavy atom. The number of fused-ring (bicyclic) bond motifs is 1. The first-order chi connectivity index (χ1) is 14.8. The van der Waals surface area contributed by atoms with Gasteiger partial charge >= 0.3 is 5.97 Å². The van der Waals surface area contributed by atoms with E-state index in [-0.39, 0.29) is 51.0 Å². The summed E-state index contributed by atoms with van der Waals surface area (Å²) in [6.07, 6.45) is -0.148. The fraction of sp³-hybridized carbons (Fsp3) is 0.500. The van der Waals surface area contributed by atoms with Crippen LogP contribution in [0.4, 0.5) is 0 Å². The van der Waals surface area contributed by atoms with Crippen LogP contribution in [0.15, 0.2) is 18.2 Å². The molecule has 11 nitrogen and oxygen atoms in total. The van der Waals surface area contributed by atoms with Crippen LogP contribution in [-0.2, 0) is 23.9 Å². The molecule has 0 spiro atoms. The Labute approximate surface area is 177 Å². The lowest BCUT2D eigenvalue weighted by Gasteiger charge is -2.23. The van der Waals surface area contributed by atoms with E-state index in [4.69, 9.17) is 14.2 Å². The van der Waals surface area contributed by atoms with E-state index in [1.165, 1.54) is 12.1 Å². The van der Waals surface area contributed by atoms with Crippen molar-refractivity contribution in [3.63, 3.8) is 0 Å². The van der Waals surface area contributed by atoms with E-state index in [9.17, 15) is 29.3 Å². The summed E-state index contributed by atoms with van der Waals surface area (Å²) in [7, 11) is 0. The number of esters is 1. The number of rotatable bonds is 10. The number of carbonyl (C=O) groups is 4. The first-order valence-electron chi connectivity index (χ1n) is 9.85. The molecule has 2 unspecified atom stereocenters. The second kappa shape index (κ2) is 9.54. The molecule has 166 valence electrons. The number of Topliss-reactive ketones (excluding diaryl/α,β-unsaturated/α-hetero) is 1. The Hall–Kier alpha value is -3.50. The van der Waals surface area contributed by atoms with Gasteiger partial charge in [-0.25, -0.2) is 0 Å². The van der Waals surface area contributed by atoms with Crippen LogP contribution in [0.1, 0.15) is 37.7 Å². The smallest absolute Gasteiger partial charge is 0.317 e. The number of ether oxygens (including phenoxy) is 3. The zero-order valence-corrected chi connectivity index (χ0v) is 16.9. The fourth-order valence-corrected chi connectivity index (χ4v) is 3.71. The molecule has 0 N–H and O–H groups in total. The Morgan fingerprint density at radius 3 is 2.52 bits per heavy atom. The number of hydrogen-bond acceptors (Lipinski definition) is 9. The maximum absolute atomic E-state index is 13.0. The van der Waals surface area contributed by atoms with E-state index in [0.717, 1.165) is 4.90 Å². The van der Waals surface area contributed by atoms with Crippen molar-refractivity contribution in [2.24, 2.45) is 5.92 Å². The van der Waals surface area contributed by atoms with E-state index in [0.29, 0.717) is 17.1 Å². The van der Waals surface area contributed by atoms with Crippen molar-refractivity contribution < 1.29 is 38.3 Å². The molecule has 2 heterocycles. The van der Waals surface area contributed by atoms with E-state index in [1.54, 1.807) is 13.0 Å². The molecule has 0 aliphatic carbocycles. The van der Waals surface area contributed by atoms with Gasteiger partial charge < -0.3 is 14.2 Å². The molecule has 2 atom stereocenters. The van der Waals surface area contributed by atoms with Crippen LogP contribution in [0.25, 0.3) is 0 Å². The van der Waals surface area contributed by atoms with Crippen molar-refractivity contribution in [2.45, 2.75) is 32.1 Å². The SMILES string of the molecule is CCOC(=O)C(C(=O)CCN1C(=O)CCC1=O)C(C[N+](=O)[O-])c1ccc2c(c1)OCO2. The predicted octanol–water partition coefficient (Wildman–Crippen LogP) is 1.06. The summed E-state index contributed by atoms with van der Waals surface area (Å²) >= 11 is 0.